The molecule has 1 aromatic carbocycles. The number of carbonyl (C=O) groups excluding carboxylic acids is 1. The number of esters is 1. The van der Waals surface area contributed by atoms with Crippen LogP contribution in [0.2, 0.25) is 0 Å². The molecule has 0 aliphatic heterocycles. The predicted octanol–water partition coefficient (Wildman–Crippen LogP) is 2.80. The molecule has 0 saturated heterocycles. The Labute approximate surface area is 130 Å². The first-order chi connectivity index (χ1) is 10.2. The van der Waals surface area contributed by atoms with Gasteiger partial charge in [0.15, 0.2) is 5.69 Å². The number of aromatic amines is 1. The summed E-state index contributed by atoms with van der Waals surface area (Å²) in [6.07, 6.45) is 0. The Morgan fingerprint density at radius 2 is 2.24 bits per heavy atom. The zero-order valence-electron chi connectivity index (χ0n) is 11.9. The van der Waals surface area contributed by atoms with Crippen molar-refractivity contribution in [1.29, 1.82) is 0 Å². The number of aromatic nitrogens is 2. The van der Waals surface area contributed by atoms with E-state index < -0.39 is 5.97 Å². The first-order valence-corrected chi connectivity index (χ1v) is 7.48. The van der Waals surface area contributed by atoms with E-state index in [9.17, 15) is 4.79 Å². The molecule has 7 heteroatoms. The van der Waals surface area contributed by atoms with Crippen LogP contribution in [0.5, 0.6) is 0 Å². The quantitative estimate of drug-likeness (QED) is 0.469. The van der Waals surface area contributed by atoms with Crippen LogP contribution in [0.1, 0.15) is 28.0 Å². The highest BCUT2D eigenvalue weighted by atomic mass is 79.9. The molecule has 0 amide bonds. The Kier molecular flexibility index (Phi) is 5.72. The maximum atomic E-state index is 11.8. The van der Waals surface area contributed by atoms with Gasteiger partial charge in [0.05, 0.1) is 25.3 Å². The zero-order valence-corrected chi connectivity index (χ0v) is 13.5. The maximum absolute atomic E-state index is 11.8. The minimum atomic E-state index is -0.428. The predicted molar refractivity (Wildman–Crippen MR) is 81.5 cm³/mol. The van der Waals surface area contributed by atoms with Crippen molar-refractivity contribution in [1.82, 2.24) is 10.2 Å². The second-order valence-corrected chi connectivity index (χ2v) is 5.11. The molecule has 2 aromatic rings. The summed E-state index contributed by atoms with van der Waals surface area (Å²) in [5.41, 5.74) is 1.98. The summed E-state index contributed by atoms with van der Waals surface area (Å²) < 4.78 is 15.5. The fourth-order valence-electron chi connectivity index (χ4n) is 1.86. The number of alkyl halides is 1. The fraction of sp³-hybridized carbons (Fsp3) is 0.429. The number of nitrogens with one attached hydrogen (secondary N) is 1. The number of benzene rings is 1. The van der Waals surface area contributed by atoms with Gasteiger partial charge in [-0.3, -0.25) is 5.10 Å². The first kappa shape index (κ1) is 15.9. The molecule has 0 aliphatic carbocycles. The SMILES string of the molecule is CCOC(=O)c1n[nH]c2cc(C(Br)OCCOC)ccc12. The molecule has 1 heterocycles. The Morgan fingerprint density at radius 3 is 2.95 bits per heavy atom. The van der Waals surface area contributed by atoms with Gasteiger partial charge >= 0.3 is 5.97 Å². The van der Waals surface area contributed by atoms with E-state index in [1.807, 2.05) is 18.2 Å². The Hall–Kier alpha value is -1.44. The highest BCUT2D eigenvalue weighted by Crippen LogP contribution is 2.27. The third-order valence-corrected chi connectivity index (χ3v) is 3.66. The molecule has 0 spiro atoms. The molecule has 1 atom stereocenters. The van der Waals surface area contributed by atoms with Gasteiger partial charge < -0.3 is 14.2 Å². The van der Waals surface area contributed by atoms with Gasteiger partial charge in [-0.15, -0.1) is 0 Å². The van der Waals surface area contributed by atoms with Crippen LogP contribution in [-0.2, 0) is 14.2 Å². The van der Waals surface area contributed by atoms with Gasteiger partial charge in [-0.1, -0.05) is 22.0 Å². The summed E-state index contributed by atoms with van der Waals surface area (Å²) >= 11 is 3.46. The molecule has 0 saturated carbocycles. The molecular formula is C14H17BrN2O4. The van der Waals surface area contributed by atoms with E-state index in [2.05, 4.69) is 26.1 Å². The molecule has 0 bridgehead atoms. The second kappa shape index (κ2) is 7.53. The molecule has 0 radical (unpaired) electrons. The minimum Gasteiger partial charge on any atom is -0.461 e. The van der Waals surface area contributed by atoms with Gasteiger partial charge in [-0.05, 0) is 24.6 Å². The van der Waals surface area contributed by atoms with E-state index in [0.717, 1.165) is 16.5 Å². The molecule has 6 nitrogen and oxygen atoms in total. The highest BCUT2D eigenvalue weighted by Gasteiger charge is 2.16. The van der Waals surface area contributed by atoms with Crippen molar-refractivity contribution in [3.8, 4) is 0 Å². The molecule has 2 rings (SSSR count). The fourth-order valence-corrected chi connectivity index (χ4v) is 2.34. The van der Waals surface area contributed by atoms with Crippen LogP contribution >= 0.6 is 15.9 Å². The molecule has 21 heavy (non-hydrogen) atoms. The number of hydrogen-bond donors (Lipinski definition) is 1. The van der Waals surface area contributed by atoms with E-state index in [-0.39, 0.29) is 5.01 Å². The number of fused-ring (bicyclic) bond motifs is 1. The third-order valence-electron chi connectivity index (χ3n) is 2.87. The van der Waals surface area contributed by atoms with Gasteiger partial charge in [-0.2, -0.15) is 5.10 Å². The van der Waals surface area contributed by atoms with Crippen LogP contribution in [0.25, 0.3) is 10.9 Å². The topological polar surface area (TPSA) is 73.4 Å². The summed E-state index contributed by atoms with van der Waals surface area (Å²) in [4.78, 5) is 11.8. The number of methoxy groups -OCH3 is 1. The van der Waals surface area contributed by atoms with Gasteiger partial charge in [0.25, 0.3) is 0 Å². The van der Waals surface area contributed by atoms with Crippen LogP contribution in [0.3, 0.4) is 0 Å². The van der Waals surface area contributed by atoms with Gasteiger partial charge in [0.2, 0.25) is 0 Å². The number of H-pyrrole nitrogens is 1. The average molecular weight is 357 g/mol. The zero-order chi connectivity index (χ0) is 15.2. The van der Waals surface area contributed by atoms with Gasteiger partial charge in [-0.25, -0.2) is 4.79 Å². The monoisotopic (exact) mass is 356 g/mol. The van der Waals surface area contributed by atoms with E-state index in [1.54, 1.807) is 14.0 Å². The number of rotatable bonds is 7. The summed E-state index contributed by atoms with van der Waals surface area (Å²) in [5, 5.41) is 7.34. The van der Waals surface area contributed by atoms with Crippen molar-refractivity contribution in [3.05, 3.63) is 29.5 Å². The number of carbonyl (C=O) groups is 1. The molecule has 114 valence electrons. The Bertz CT molecular complexity index is 614. The normalized spacial score (nSPS) is 12.5. The summed E-state index contributed by atoms with van der Waals surface area (Å²) in [6, 6.07) is 5.60. The van der Waals surface area contributed by atoms with E-state index >= 15 is 0 Å². The van der Waals surface area contributed by atoms with Gasteiger partial charge in [0, 0.05) is 12.5 Å². The van der Waals surface area contributed by atoms with Crippen molar-refractivity contribution in [2.45, 2.75) is 11.9 Å². The van der Waals surface area contributed by atoms with Gasteiger partial charge in [0.1, 0.15) is 5.01 Å². The highest BCUT2D eigenvalue weighted by molar-refractivity contribution is 9.09. The van der Waals surface area contributed by atoms with Crippen molar-refractivity contribution in [3.63, 3.8) is 0 Å². The maximum Gasteiger partial charge on any atom is 0.359 e. The lowest BCUT2D eigenvalue weighted by molar-refractivity contribution is 0.0521. The molecule has 1 unspecified atom stereocenters. The lowest BCUT2D eigenvalue weighted by Crippen LogP contribution is -2.05. The molecule has 1 N–H and O–H groups in total. The number of ether oxygens (including phenoxy) is 3. The summed E-state index contributed by atoms with van der Waals surface area (Å²) in [5.74, 6) is -0.428. The molecule has 1 aromatic heterocycles. The van der Waals surface area contributed by atoms with Crippen molar-refractivity contribution in [2.75, 3.05) is 26.9 Å². The van der Waals surface area contributed by atoms with Crippen LogP contribution in [0, 0.1) is 0 Å². The van der Waals surface area contributed by atoms with E-state index in [1.165, 1.54) is 0 Å². The largest absolute Gasteiger partial charge is 0.461 e. The lowest BCUT2D eigenvalue weighted by Gasteiger charge is -2.11. The van der Waals surface area contributed by atoms with Crippen molar-refractivity contribution < 1.29 is 19.0 Å². The number of nitrogens with zero attached hydrogens (tertiary/aromatic N) is 1. The standard InChI is InChI=1S/C14H17BrN2O4/c1-3-20-14(18)12-10-5-4-9(8-11(10)16-17-12)13(15)21-7-6-19-2/h4-5,8,13H,3,6-7H2,1-2H3,(H,16,17). The lowest BCUT2D eigenvalue weighted by atomic mass is 10.1. The van der Waals surface area contributed by atoms with Crippen LogP contribution < -0.4 is 0 Å². The second-order valence-electron chi connectivity index (χ2n) is 4.28. The minimum absolute atomic E-state index is 0.244. The molecule has 0 aliphatic rings. The number of hydrogen-bond acceptors (Lipinski definition) is 5. The molecular weight excluding hydrogens is 340 g/mol. The first-order valence-electron chi connectivity index (χ1n) is 6.57. The van der Waals surface area contributed by atoms with E-state index in [0.29, 0.717) is 25.5 Å². The summed E-state index contributed by atoms with van der Waals surface area (Å²) in [6.45, 7) is 3.10. The Morgan fingerprint density at radius 1 is 1.43 bits per heavy atom. The average Bonchev–Trinajstić information content (AvgIpc) is 2.90. The van der Waals surface area contributed by atoms with Crippen LogP contribution in [0.4, 0.5) is 0 Å². The van der Waals surface area contributed by atoms with Crippen LogP contribution in [0.15, 0.2) is 18.2 Å². The van der Waals surface area contributed by atoms with Crippen molar-refractivity contribution in [2.24, 2.45) is 0 Å². The van der Waals surface area contributed by atoms with Crippen LogP contribution in [-0.4, -0.2) is 43.1 Å². The smallest absolute Gasteiger partial charge is 0.359 e. The van der Waals surface area contributed by atoms with Crippen molar-refractivity contribution >= 4 is 32.8 Å². The van der Waals surface area contributed by atoms with E-state index in [4.69, 9.17) is 14.2 Å². The summed E-state index contributed by atoms with van der Waals surface area (Å²) in [7, 11) is 1.63. The number of halogens is 1. The molecule has 0 fully saturated rings. The third kappa shape index (κ3) is 3.81. The Balaban J connectivity index is 2.17.